The highest BCUT2D eigenvalue weighted by Crippen LogP contribution is 2.28. The third-order valence-electron chi connectivity index (χ3n) is 2.87. The first-order valence-corrected chi connectivity index (χ1v) is 5.87. The van der Waals surface area contributed by atoms with Crippen molar-refractivity contribution in [2.45, 2.75) is 19.3 Å². The Balaban J connectivity index is 3.26. The topological polar surface area (TPSA) is 109 Å². The van der Waals surface area contributed by atoms with Crippen LogP contribution in [0.1, 0.15) is 24.8 Å². The molecule has 106 valence electrons. The molecule has 0 heterocycles. The van der Waals surface area contributed by atoms with Crippen LogP contribution < -0.4 is 0 Å². The maximum Gasteiger partial charge on any atom is 0.315 e. The van der Waals surface area contributed by atoms with Crippen LogP contribution in [0, 0.1) is 5.92 Å². The number of carboxylic acid groups (broad SMARTS) is 2. The molecule has 0 fully saturated rings. The summed E-state index contributed by atoms with van der Waals surface area (Å²) in [5, 5.41) is 17.8. The van der Waals surface area contributed by atoms with Crippen molar-refractivity contribution < 1.29 is 29.4 Å². The summed E-state index contributed by atoms with van der Waals surface area (Å²) in [7, 11) is 0. The van der Waals surface area contributed by atoms with Crippen LogP contribution in [0.25, 0.3) is 0 Å². The molecule has 1 aromatic carbocycles. The number of hydrogen-bond acceptors (Lipinski definition) is 4. The number of carbonyl (C=O) groups excluding carboxylic acids is 2. The van der Waals surface area contributed by atoms with E-state index in [1.807, 2.05) is 0 Å². The number of aliphatic carboxylic acids is 2. The fraction of sp³-hybridized carbons (Fsp3) is 0.286. The Bertz CT molecular complexity index is 520. The summed E-state index contributed by atoms with van der Waals surface area (Å²) in [6.45, 7) is 1.07. The number of benzene rings is 1. The van der Waals surface area contributed by atoms with Gasteiger partial charge in [0.25, 0.3) is 0 Å². The van der Waals surface area contributed by atoms with Gasteiger partial charge in [0, 0.05) is 0 Å². The van der Waals surface area contributed by atoms with Crippen LogP contribution in [0.2, 0.25) is 0 Å². The predicted octanol–water partition coefficient (Wildman–Crippen LogP) is 1.10. The lowest BCUT2D eigenvalue weighted by molar-refractivity contribution is -0.151. The van der Waals surface area contributed by atoms with Crippen LogP contribution in [0.4, 0.5) is 0 Å². The first-order valence-electron chi connectivity index (χ1n) is 5.87. The van der Waals surface area contributed by atoms with Crippen molar-refractivity contribution in [2.24, 2.45) is 5.92 Å². The van der Waals surface area contributed by atoms with Gasteiger partial charge >= 0.3 is 11.9 Å². The molecule has 0 bridgehead atoms. The van der Waals surface area contributed by atoms with Gasteiger partial charge in [0.1, 0.15) is 18.1 Å². The Morgan fingerprint density at radius 1 is 1.05 bits per heavy atom. The molecule has 0 saturated carbocycles. The van der Waals surface area contributed by atoms with E-state index in [-0.39, 0.29) is 0 Å². The van der Waals surface area contributed by atoms with Gasteiger partial charge in [-0.05, 0) is 12.5 Å². The summed E-state index contributed by atoms with van der Waals surface area (Å²) in [5.41, 5.74) is 0.321. The van der Waals surface area contributed by atoms with Crippen molar-refractivity contribution in [3.05, 3.63) is 35.9 Å². The molecule has 0 radical (unpaired) electrons. The van der Waals surface area contributed by atoms with Gasteiger partial charge in [-0.15, -0.1) is 0 Å². The SMILES string of the molecule is CC(=O)C(C(=O)O)C(C(=O)CC(=O)O)c1ccccc1. The van der Waals surface area contributed by atoms with Crippen LogP contribution in [-0.4, -0.2) is 33.7 Å². The molecule has 20 heavy (non-hydrogen) atoms. The lowest BCUT2D eigenvalue weighted by atomic mass is 9.80. The van der Waals surface area contributed by atoms with Crippen molar-refractivity contribution in [1.82, 2.24) is 0 Å². The van der Waals surface area contributed by atoms with Crippen LogP contribution in [0.15, 0.2) is 30.3 Å². The van der Waals surface area contributed by atoms with Crippen molar-refractivity contribution in [1.29, 1.82) is 0 Å². The van der Waals surface area contributed by atoms with E-state index >= 15 is 0 Å². The fourth-order valence-corrected chi connectivity index (χ4v) is 2.03. The van der Waals surface area contributed by atoms with Crippen molar-refractivity contribution in [3.63, 3.8) is 0 Å². The van der Waals surface area contributed by atoms with E-state index in [1.54, 1.807) is 18.2 Å². The second kappa shape index (κ2) is 6.60. The smallest absolute Gasteiger partial charge is 0.315 e. The zero-order valence-corrected chi connectivity index (χ0v) is 10.8. The average molecular weight is 278 g/mol. The predicted molar refractivity (Wildman–Crippen MR) is 68.2 cm³/mol. The monoisotopic (exact) mass is 278 g/mol. The molecule has 0 spiro atoms. The van der Waals surface area contributed by atoms with Gasteiger partial charge in [-0.1, -0.05) is 30.3 Å². The Kier molecular flexibility index (Phi) is 5.14. The minimum absolute atomic E-state index is 0.321. The molecule has 6 heteroatoms. The lowest BCUT2D eigenvalue weighted by Gasteiger charge is -2.20. The highest BCUT2D eigenvalue weighted by atomic mass is 16.4. The van der Waals surface area contributed by atoms with Crippen molar-refractivity contribution in [2.75, 3.05) is 0 Å². The van der Waals surface area contributed by atoms with Crippen LogP contribution >= 0.6 is 0 Å². The molecule has 0 saturated heterocycles. The van der Waals surface area contributed by atoms with Gasteiger partial charge in [-0.3, -0.25) is 19.2 Å². The molecule has 0 aliphatic rings. The molecule has 2 unspecified atom stereocenters. The molecule has 0 aromatic heterocycles. The Morgan fingerprint density at radius 2 is 1.60 bits per heavy atom. The third kappa shape index (κ3) is 3.74. The molecular formula is C14H14O6. The molecule has 2 atom stereocenters. The summed E-state index contributed by atoms with van der Waals surface area (Å²) in [5.74, 6) is -7.16. The van der Waals surface area contributed by atoms with E-state index < -0.39 is 41.8 Å². The van der Waals surface area contributed by atoms with Gasteiger partial charge in [0.15, 0.2) is 5.78 Å². The van der Waals surface area contributed by atoms with E-state index in [9.17, 15) is 19.2 Å². The average Bonchev–Trinajstić information content (AvgIpc) is 2.34. The molecule has 6 nitrogen and oxygen atoms in total. The lowest BCUT2D eigenvalue weighted by Crippen LogP contribution is -2.34. The number of carboxylic acids is 2. The molecule has 0 amide bonds. The van der Waals surface area contributed by atoms with Crippen LogP contribution in [0.5, 0.6) is 0 Å². The van der Waals surface area contributed by atoms with Gasteiger partial charge in [0.2, 0.25) is 0 Å². The second-order valence-corrected chi connectivity index (χ2v) is 4.35. The standard InChI is InChI=1S/C14H14O6/c1-8(15)12(14(19)20)13(10(16)7-11(17)18)9-5-3-2-4-6-9/h2-6,12-13H,7H2,1H3,(H,17,18)(H,19,20). The summed E-state index contributed by atoms with van der Waals surface area (Å²) in [4.78, 5) is 45.4. The first kappa shape index (κ1) is 15.6. The Hall–Kier alpha value is -2.50. The normalized spacial score (nSPS) is 13.2. The van der Waals surface area contributed by atoms with Crippen molar-refractivity contribution >= 4 is 23.5 Å². The minimum Gasteiger partial charge on any atom is -0.481 e. The molecule has 2 N–H and O–H groups in total. The highest BCUT2D eigenvalue weighted by molar-refractivity contribution is 6.07. The molecule has 0 aliphatic carbocycles. The van der Waals surface area contributed by atoms with E-state index in [4.69, 9.17) is 10.2 Å². The molecule has 1 aromatic rings. The summed E-state index contributed by atoms with van der Waals surface area (Å²) in [6, 6.07) is 7.86. The van der Waals surface area contributed by atoms with Gasteiger partial charge in [-0.2, -0.15) is 0 Å². The summed E-state index contributed by atoms with van der Waals surface area (Å²) >= 11 is 0. The van der Waals surface area contributed by atoms with Gasteiger partial charge in [-0.25, -0.2) is 0 Å². The minimum atomic E-state index is -1.58. The first-order chi connectivity index (χ1) is 9.34. The fourth-order valence-electron chi connectivity index (χ4n) is 2.03. The van der Waals surface area contributed by atoms with Crippen molar-refractivity contribution in [3.8, 4) is 0 Å². The maximum absolute atomic E-state index is 12.0. The van der Waals surface area contributed by atoms with E-state index in [1.165, 1.54) is 12.1 Å². The number of hydrogen-bond donors (Lipinski definition) is 2. The zero-order valence-electron chi connectivity index (χ0n) is 10.8. The maximum atomic E-state index is 12.0. The number of carbonyl (C=O) groups is 4. The molecule has 1 rings (SSSR count). The Labute approximate surface area is 115 Å². The second-order valence-electron chi connectivity index (χ2n) is 4.35. The van der Waals surface area contributed by atoms with E-state index in [0.29, 0.717) is 5.56 Å². The third-order valence-corrected chi connectivity index (χ3v) is 2.87. The largest absolute Gasteiger partial charge is 0.481 e. The number of ketones is 2. The quantitative estimate of drug-likeness (QED) is 0.723. The van der Waals surface area contributed by atoms with Crippen LogP contribution in [0.3, 0.4) is 0 Å². The number of rotatable bonds is 7. The summed E-state index contributed by atoms with van der Waals surface area (Å²) in [6.07, 6.45) is -0.823. The van der Waals surface area contributed by atoms with Crippen LogP contribution in [-0.2, 0) is 19.2 Å². The molecule has 0 aliphatic heterocycles. The van der Waals surface area contributed by atoms with E-state index in [2.05, 4.69) is 0 Å². The van der Waals surface area contributed by atoms with Gasteiger partial charge in [0.05, 0.1) is 5.92 Å². The highest BCUT2D eigenvalue weighted by Gasteiger charge is 2.38. The molecular weight excluding hydrogens is 264 g/mol. The van der Waals surface area contributed by atoms with E-state index in [0.717, 1.165) is 6.92 Å². The number of Topliss-reactive ketones (excluding diaryl/α,β-unsaturated/α-hetero) is 2. The van der Waals surface area contributed by atoms with Gasteiger partial charge < -0.3 is 10.2 Å². The Morgan fingerprint density at radius 3 is 2.00 bits per heavy atom. The summed E-state index contributed by atoms with van der Waals surface area (Å²) < 4.78 is 0. The zero-order chi connectivity index (χ0) is 15.3.